The molecule has 0 aliphatic heterocycles. The molecule has 8 heteroatoms. The number of benzene rings is 2. The van der Waals surface area contributed by atoms with Crippen LogP contribution in [0.4, 0.5) is 10.1 Å². The second kappa shape index (κ2) is 8.65. The van der Waals surface area contributed by atoms with Gasteiger partial charge in [-0.05, 0) is 30.3 Å². The third kappa shape index (κ3) is 5.50. The number of carbonyl (C=O) groups is 2. The van der Waals surface area contributed by atoms with Crippen LogP contribution >= 0.6 is 27.5 Å². The summed E-state index contributed by atoms with van der Waals surface area (Å²) in [4.78, 5) is 23.2. The Labute approximate surface area is 150 Å². The molecule has 126 valence electrons. The zero-order chi connectivity index (χ0) is 17.5. The van der Waals surface area contributed by atoms with Crippen molar-refractivity contribution in [2.24, 2.45) is 0 Å². The molecule has 0 aromatic heterocycles. The van der Waals surface area contributed by atoms with Gasteiger partial charge in [0.1, 0.15) is 11.6 Å². The Hall–Kier alpha value is -2.12. The average Bonchev–Trinajstić information content (AvgIpc) is 2.55. The van der Waals surface area contributed by atoms with Crippen molar-refractivity contribution in [2.75, 3.05) is 18.5 Å². The van der Waals surface area contributed by atoms with Gasteiger partial charge in [-0.2, -0.15) is 0 Å². The molecule has 0 heterocycles. The molecule has 5 nitrogen and oxygen atoms in total. The number of nitrogens with one attached hydrogen (secondary N) is 1. The van der Waals surface area contributed by atoms with Crippen LogP contribution in [0.5, 0.6) is 5.75 Å². The first-order valence-electron chi connectivity index (χ1n) is 6.73. The molecular formula is C16H12BrClFNO4. The van der Waals surface area contributed by atoms with Gasteiger partial charge in [0, 0.05) is 4.47 Å². The predicted octanol–water partition coefficient (Wildman–Crippen LogP) is 3.80. The van der Waals surface area contributed by atoms with Crippen LogP contribution in [0.15, 0.2) is 46.9 Å². The maximum atomic E-state index is 13.6. The van der Waals surface area contributed by atoms with Crippen LogP contribution < -0.4 is 10.1 Å². The monoisotopic (exact) mass is 415 g/mol. The molecule has 2 rings (SSSR count). The first-order chi connectivity index (χ1) is 11.5. The van der Waals surface area contributed by atoms with E-state index in [4.69, 9.17) is 21.1 Å². The van der Waals surface area contributed by atoms with E-state index in [0.717, 1.165) is 0 Å². The van der Waals surface area contributed by atoms with Crippen LogP contribution in [0, 0.1) is 5.82 Å². The molecule has 0 spiro atoms. The van der Waals surface area contributed by atoms with Crippen molar-refractivity contribution < 1.29 is 23.5 Å². The topological polar surface area (TPSA) is 64.6 Å². The first kappa shape index (κ1) is 18.2. The van der Waals surface area contributed by atoms with Crippen molar-refractivity contribution in [1.82, 2.24) is 0 Å². The van der Waals surface area contributed by atoms with Gasteiger partial charge in [-0.15, -0.1) is 0 Å². The molecule has 0 aliphatic rings. The lowest BCUT2D eigenvalue weighted by Crippen LogP contribution is -2.24. The lowest BCUT2D eigenvalue weighted by atomic mass is 10.3. The normalized spacial score (nSPS) is 10.1. The van der Waals surface area contributed by atoms with E-state index < -0.39 is 30.9 Å². The summed E-state index contributed by atoms with van der Waals surface area (Å²) in [6, 6.07) is 10.8. The van der Waals surface area contributed by atoms with E-state index in [1.54, 1.807) is 30.3 Å². The number of ether oxygens (including phenoxy) is 2. The van der Waals surface area contributed by atoms with Crippen molar-refractivity contribution >= 4 is 45.1 Å². The van der Waals surface area contributed by atoms with Crippen molar-refractivity contribution in [1.29, 1.82) is 0 Å². The number of para-hydroxylation sites is 1. The standard InChI is InChI=1S/C16H12BrClFNO4/c17-10-5-6-13(12(19)7-10)20-15(21)8-24-16(22)9-23-14-4-2-1-3-11(14)18/h1-7H,8-9H2,(H,20,21). The molecule has 0 unspecified atom stereocenters. The summed E-state index contributed by atoms with van der Waals surface area (Å²) < 4.78 is 24.0. The minimum Gasteiger partial charge on any atom is -0.480 e. The van der Waals surface area contributed by atoms with Gasteiger partial charge in [0.15, 0.2) is 13.2 Å². The number of carbonyl (C=O) groups excluding carboxylic acids is 2. The number of hydrogen-bond donors (Lipinski definition) is 1. The zero-order valence-corrected chi connectivity index (χ0v) is 14.6. The van der Waals surface area contributed by atoms with Crippen LogP contribution in [-0.2, 0) is 14.3 Å². The van der Waals surface area contributed by atoms with E-state index in [-0.39, 0.29) is 5.69 Å². The molecule has 0 aliphatic carbocycles. The van der Waals surface area contributed by atoms with Gasteiger partial charge in [0.05, 0.1) is 10.7 Å². The van der Waals surface area contributed by atoms with Gasteiger partial charge in [0.25, 0.3) is 5.91 Å². The average molecular weight is 417 g/mol. The second-order valence-electron chi connectivity index (χ2n) is 4.55. The fourth-order valence-corrected chi connectivity index (χ4v) is 2.19. The Morgan fingerprint density at radius 3 is 2.62 bits per heavy atom. The van der Waals surface area contributed by atoms with Crippen molar-refractivity contribution in [3.63, 3.8) is 0 Å². The zero-order valence-electron chi connectivity index (χ0n) is 12.2. The fourth-order valence-electron chi connectivity index (χ4n) is 1.66. The summed E-state index contributed by atoms with van der Waals surface area (Å²) in [6.07, 6.45) is 0. The molecule has 0 bridgehead atoms. The highest BCUT2D eigenvalue weighted by Gasteiger charge is 2.11. The predicted molar refractivity (Wildman–Crippen MR) is 90.6 cm³/mol. The molecule has 0 saturated carbocycles. The van der Waals surface area contributed by atoms with Gasteiger partial charge in [0.2, 0.25) is 0 Å². The molecule has 1 amide bonds. The van der Waals surface area contributed by atoms with Gasteiger partial charge in [-0.25, -0.2) is 9.18 Å². The Kier molecular flexibility index (Phi) is 6.57. The van der Waals surface area contributed by atoms with Crippen LogP contribution in [0.1, 0.15) is 0 Å². The van der Waals surface area contributed by atoms with Crippen molar-refractivity contribution in [3.8, 4) is 5.75 Å². The summed E-state index contributed by atoms with van der Waals surface area (Å²) in [5, 5.41) is 2.66. The Morgan fingerprint density at radius 1 is 1.17 bits per heavy atom. The lowest BCUT2D eigenvalue weighted by molar-refractivity contribution is -0.149. The van der Waals surface area contributed by atoms with Crippen molar-refractivity contribution in [3.05, 3.63) is 57.8 Å². The minimum atomic E-state index is -0.749. The van der Waals surface area contributed by atoms with E-state index >= 15 is 0 Å². The highest BCUT2D eigenvalue weighted by molar-refractivity contribution is 9.10. The summed E-state index contributed by atoms with van der Waals surface area (Å²) >= 11 is 8.98. The molecule has 2 aromatic rings. The maximum Gasteiger partial charge on any atom is 0.344 e. The largest absolute Gasteiger partial charge is 0.480 e. The number of rotatable bonds is 6. The Balaban J connectivity index is 1.77. The molecule has 1 N–H and O–H groups in total. The molecule has 2 aromatic carbocycles. The molecule has 0 fully saturated rings. The van der Waals surface area contributed by atoms with E-state index in [1.165, 1.54) is 12.1 Å². The van der Waals surface area contributed by atoms with Gasteiger partial charge >= 0.3 is 5.97 Å². The third-order valence-corrected chi connectivity index (χ3v) is 3.56. The Bertz CT molecular complexity index is 757. The van der Waals surface area contributed by atoms with Gasteiger partial charge in [-0.3, -0.25) is 4.79 Å². The molecule has 0 saturated heterocycles. The number of anilines is 1. The minimum absolute atomic E-state index is 0.00781. The highest BCUT2D eigenvalue weighted by atomic mass is 79.9. The third-order valence-electron chi connectivity index (χ3n) is 2.75. The highest BCUT2D eigenvalue weighted by Crippen LogP contribution is 2.23. The van der Waals surface area contributed by atoms with Crippen LogP contribution in [-0.4, -0.2) is 25.1 Å². The number of halogens is 3. The molecular weight excluding hydrogens is 405 g/mol. The van der Waals surface area contributed by atoms with Gasteiger partial charge in [-0.1, -0.05) is 39.7 Å². The van der Waals surface area contributed by atoms with E-state index in [9.17, 15) is 14.0 Å². The fraction of sp³-hybridized carbons (Fsp3) is 0.125. The quantitative estimate of drug-likeness (QED) is 0.728. The van der Waals surface area contributed by atoms with E-state index in [1.807, 2.05) is 0 Å². The lowest BCUT2D eigenvalue weighted by Gasteiger charge is -2.09. The van der Waals surface area contributed by atoms with Crippen molar-refractivity contribution in [2.45, 2.75) is 0 Å². The molecule has 24 heavy (non-hydrogen) atoms. The maximum absolute atomic E-state index is 13.6. The summed E-state index contributed by atoms with van der Waals surface area (Å²) in [6.45, 7) is -0.954. The van der Waals surface area contributed by atoms with Crippen LogP contribution in [0.3, 0.4) is 0 Å². The first-order valence-corrected chi connectivity index (χ1v) is 7.90. The smallest absolute Gasteiger partial charge is 0.344 e. The number of amides is 1. The Morgan fingerprint density at radius 2 is 1.92 bits per heavy atom. The van der Waals surface area contributed by atoms with E-state index in [2.05, 4.69) is 21.2 Å². The van der Waals surface area contributed by atoms with Gasteiger partial charge < -0.3 is 14.8 Å². The second-order valence-corrected chi connectivity index (χ2v) is 5.88. The van der Waals surface area contributed by atoms with Crippen LogP contribution in [0.2, 0.25) is 5.02 Å². The SMILES string of the molecule is O=C(COC(=O)COc1ccccc1Cl)Nc1ccc(Br)cc1F. The molecule has 0 radical (unpaired) electrons. The molecule has 0 atom stereocenters. The summed E-state index contributed by atoms with van der Waals surface area (Å²) in [5.74, 6) is -1.69. The van der Waals surface area contributed by atoms with Crippen LogP contribution in [0.25, 0.3) is 0 Å². The van der Waals surface area contributed by atoms with E-state index in [0.29, 0.717) is 15.2 Å². The summed E-state index contributed by atoms with van der Waals surface area (Å²) in [7, 11) is 0. The summed E-state index contributed by atoms with van der Waals surface area (Å²) in [5.41, 5.74) is -0.00781. The number of hydrogen-bond acceptors (Lipinski definition) is 4. The number of esters is 1.